The van der Waals surface area contributed by atoms with E-state index in [9.17, 15) is 4.79 Å². The molecule has 0 amide bonds. The molecule has 1 aliphatic carbocycles. The second-order valence-corrected chi connectivity index (χ2v) is 3.35. The molecule has 66 valence electrons. The molecule has 0 atom stereocenters. The van der Waals surface area contributed by atoms with Gasteiger partial charge in [0.05, 0.1) is 0 Å². The SMILES string of the molecule is CC1=CCCCC(=O)C=CCC1. The van der Waals surface area contributed by atoms with Crippen molar-refractivity contribution >= 4 is 5.78 Å². The number of carbonyl (C=O) groups excluding carboxylic acids is 1. The van der Waals surface area contributed by atoms with Gasteiger partial charge in [-0.2, -0.15) is 0 Å². The first-order valence-electron chi connectivity index (χ1n) is 4.64. The molecule has 0 saturated carbocycles. The third-order valence-corrected chi connectivity index (χ3v) is 2.13. The van der Waals surface area contributed by atoms with Crippen molar-refractivity contribution in [3.05, 3.63) is 23.8 Å². The Balaban J connectivity index is 2.49. The van der Waals surface area contributed by atoms with Crippen LogP contribution in [0.2, 0.25) is 0 Å². The molecule has 0 aromatic carbocycles. The number of ketones is 1. The summed E-state index contributed by atoms with van der Waals surface area (Å²) in [5.74, 6) is 0.281. The van der Waals surface area contributed by atoms with Crippen molar-refractivity contribution in [1.82, 2.24) is 0 Å². The van der Waals surface area contributed by atoms with Crippen molar-refractivity contribution in [2.24, 2.45) is 0 Å². The first-order valence-corrected chi connectivity index (χ1v) is 4.64. The minimum atomic E-state index is 0.281. The van der Waals surface area contributed by atoms with Crippen LogP contribution in [0.25, 0.3) is 0 Å². The van der Waals surface area contributed by atoms with Crippen LogP contribution in [-0.4, -0.2) is 5.78 Å². The molecule has 0 fully saturated rings. The molecule has 1 heteroatoms. The van der Waals surface area contributed by atoms with Gasteiger partial charge < -0.3 is 0 Å². The summed E-state index contributed by atoms with van der Waals surface area (Å²) in [5, 5.41) is 0. The second-order valence-electron chi connectivity index (χ2n) is 3.35. The third-order valence-electron chi connectivity index (χ3n) is 2.13. The van der Waals surface area contributed by atoms with Crippen molar-refractivity contribution < 1.29 is 4.79 Å². The highest BCUT2D eigenvalue weighted by Crippen LogP contribution is 2.10. The van der Waals surface area contributed by atoms with Crippen LogP contribution in [0, 0.1) is 0 Å². The van der Waals surface area contributed by atoms with E-state index < -0.39 is 0 Å². The van der Waals surface area contributed by atoms with Gasteiger partial charge in [0.2, 0.25) is 0 Å². The summed E-state index contributed by atoms with van der Waals surface area (Å²) < 4.78 is 0. The molecule has 0 aliphatic heterocycles. The summed E-state index contributed by atoms with van der Waals surface area (Å²) in [4.78, 5) is 11.1. The van der Waals surface area contributed by atoms with Gasteiger partial charge in [0.25, 0.3) is 0 Å². The van der Waals surface area contributed by atoms with Crippen LogP contribution in [-0.2, 0) is 4.79 Å². The second kappa shape index (κ2) is 4.91. The van der Waals surface area contributed by atoms with E-state index in [4.69, 9.17) is 0 Å². The Kier molecular flexibility index (Phi) is 3.78. The van der Waals surface area contributed by atoms with Gasteiger partial charge in [-0.05, 0) is 38.7 Å². The van der Waals surface area contributed by atoms with Crippen LogP contribution < -0.4 is 0 Å². The van der Waals surface area contributed by atoms with E-state index in [-0.39, 0.29) is 5.78 Å². The van der Waals surface area contributed by atoms with E-state index in [0.29, 0.717) is 6.42 Å². The molecular formula is C11H16O. The maximum absolute atomic E-state index is 11.1. The van der Waals surface area contributed by atoms with E-state index in [1.54, 1.807) is 6.08 Å². The minimum Gasteiger partial charge on any atom is -0.295 e. The quantitative estimate of drug-likeness (QED) is 0.503. The summed E-state index contributed by atoms with van der Waals surface area (Å²) in [5.41, 5.74) is 1.45. The lowest BCUT2D eigenvalue weighted by Gasteiger charge is -2.01. The highest BCUT2D eigenvalue weighted by atomic mass is 16.1. The third kappa shape index (κ3) is 3.51. The van der Waals surface area contributed by atoms with Crippen molar-refractivity contribution in [2.75, 3.05) is 0 Å². The molecular weight excluding hydrogens is 148 g/mol. The molecule has 1 rings (SSSR count). The molecule has 0 bridgehead atoms. The molecule has 0 heterocycles. The lowest BCUT2D eigenvalue weighted by atomic mass is 10.1. The predicted octanol–water partition coefficient (Wildman–Crippen LogP) is 3.02. The topological polar surface area (TPSA) is 17.1 Å². The molecule has 0 spiro atoms. The van der Waals surface area contributed by atoms with Gasteiger partial charge in [-0.15, -0.1) is 0 Å². The Morgan fingerprint density at radius 2 is 2.08 bits per heavy atom. The highest BCUT2D eigenvalue weighted by Gasteiger charge is 1.97. The Morgan fingerprint density at radius 1 is 1.25 bits per heavy atom. The predicted molar refractivity (Wildman–Crippen MR) is 51.0 cm³/mol. The molecule has 0 N–H and O–H groups in total. The maximum atomic E-state index is 11.1. The summed E-state index contributed by atoms with van der Waals surface area (Å²) in [6, 6.07) is 0. The number of hydrogen-bond donors (Lipinski definition) is 0. The Hall–Kier alpha value is -0.850. The maximum Gasteiger partial charge on any atom is 0.155 e. The Labute approximate surface area is 74.2 Å². The smallest absolute Gasteiger partial charge is 0.155 e. The minimum absolute atomic E-state index is 0.281. The van der Waals surface area contributed by atoms with Gasteiger partial charge in [0.1, 0.15) is 0 Å². The summed E-state index contributed by atoms with van der Waals surface area (Å²) >= 11 is 0. The summed E-state index contributed by atoms with van der Waals surface area (Å²) in [6.07, 6.45) is 10.9. The first kappa shape index (κ1) is 9.24. The van der Waals surface area contributed by atoms with Gasteiger partial charge in [0, 0.05) is 6.42 Å². The molecule has 0 radical (unpaired) electrons. The largest absolute Gasteiger partial charge is 0.295 e. The van der Waals surface area contributed by atoms with Crippen LogP contribution >= 0.6 is 0 Å². The van der Waals surface area contributed by atoms with Crippen LogP contribution in [0.3, 0.4) is 0 Å². The number of allylic oxidation sites excluding steroid dienone is 4. The molecule has 1 nitrogen and oxygen atoms in total. The fourth-order valence-electron chi connectivity index (χ4n) is 1.34. The highest BCUT2D eigenvalue weighted by molar-refractivity contribution is 5.89. The average Bonchev–Trinajstić information content (AvgIpc) is 2.06. The van der Waals surface area contributed by atoms with Gasteiger partial charge >= 0.3 is 0 Å². The first-order chi connectivity index (χ1) is 5.79. The van der Waals surface area contributed by atoms with Crippen molar-refractivity contribution in [3.63, 3.8) is 0 Å². The molecule has 0 saturated heterocycles. The van der Waals surface area contributed by atoms with E-state index in [2.05, 4.69) is 13.0 Å². The summed E-state index contributed by atoms with van der Waals surface area (Å²) in [6.45, 7) is 2.16. The fraction of sp³-hybridized carbons (Fsp3) is 0.545. The van der Waals surface area contributed by atoms with Crippen LogP contribution in [0.5, 0.6) is 0 Å². The zero-order valence-corrected chi connectivity index (χ0v) is 7.68. The number of hydrogen-bond acceptors (Lipinski definition) is 1. The lowest BCUT2D eigenvalue weighted by molar-refractivity contribution is -0.114. The molecule has 0 aromatic rings. The fourth-order valence-corrected chi connectivity index (χ4v) is 1.34. The molecule has 0 aromatic heterocycles. The van der Waals surface area contributed by atoms with Gasteiger partial charge in [0.15, 0.2) is 5.78 Å². The Morgan fingerprint density at radius 3 is 2.92 bits per heavy atom. The Bertz CT molecular complexity index is 211. The van der Waals surface area contributed by atoms with Crippen molar-refractivity contribution in [1.29, 1.82) is 0 Å². The normalized spacial score (nSPS) is 20.4. The van der Waals surface area contributed by atoms with Crippen molar-refractivity contribution in [2.45, 2.75) is 39.0 Å². The zero-order chi connectivity index (χ0) is 8.81. The molecule has 12 heavy (non-hydrogen) atoms. The zero-order valence-electron chi connectivity index (χ0n) is 7.68. The van der Waals surface area contributed by atoms with E-state index >= 15 is 0 Å². The average molecular weight is 164 g/mol. The van der Waals surface area contributed by atoms with Crippen LogP contribution in [0.15, 0.2) is 23.8 Å². The number of carbonyl (C=O) groups is 1. The van der Waals surface area contributed by atoms with E-state index in [1.165, 1.54) is 5.57 Å². The monoisotopic (exact) mass is 164 g/mol. The van der Waals surface area contributed by atoms with Gasteiger partial charge in [-0.1, -0.05) is 17.7 Å². The van der Waals surface area contributed by atoms with Crippen LogP contribution in [0.1, 0.15) is 39.0 Å². The number of rotatable bonds is 0. The van der Waals surface area contributed by atoms with Gasteiger partial charge in [-0.25, -0.2) is 0 Å². The molecule has 0 unspecified atom stereocenters. The van der Waals surface area contributed by atoms with Gasteiger partial charge in [-0.3, -0.25) is 4.79 Å². The van der Waals surface area contributed by atoms with Crippen LogP contribution in [0.4, 0.5) is 0 Å². The van der Waals surface area contributed by atoms with E-state index in [0.717, 1.165) is 25.7 Å². The van der Waals surface area contributed by atoms with Crippen molar-refractivity contribution in [3.8, 4) is 0 Å². The molecule has 1 aliphatic rings. The van der Waals surface area contributed by atoms with E-state index in [1.807, 2.05) is 6.08 Å². The standard InChI is InChI=1S/C11H16O/c1-10-6-2-4-8-11(12)9-5-3-7-10/h4,7-8H,2-3,5-6,9H2,1H3. The summed E-state index contributed by atoms with van der Waals surface area (Å²) in [7, 11) is 0. The lowest BCUT2D eigenvalue weighted by Crippen LogP contribution is -1.93.